The summed E-state index contributed by atoms with van der Waals surface area (Å²) in [5, 5.41) is 10.2. The van der Waals surface area contributed by atoms with Gasteiger partial charge in [-0.25, -0.2) is 4.79 Å². The molecule has 0 spiro atoms. The first-order valence-electron chi connectivity index (χ1n) is 8.53. The van der Waals surface area contributed by atoms with Crippen molar-refractivity contribution < 1.29 is 14.7 Å². The molecule has 1 saturated carbocycles. The van der Waals surface area contributed by atoms with Crippen LogP contribution in [0.1, 0.15) is 39.4 Å². The van der Waals surface area contributed by atoms with Gasteiger partial charge in [0.25, 0.3) is 0 Å². The Labute approximate surface area is 161 Å². The van der Waals surface area contributed by atoms with E-state index >= 15 is 0 Å². The van der Waals surface area contributed by atoms with Gasteiger partial charge in [-0.15, -0.1) is 0 Å². The summed E-state index contributed by atoms with van der Waals surface area (Å²) in [6.07, 6.45) is 1.57. The summed E-state index contributed by atoms with van der Waals surface area (Å²) in [5.74, 6) is -0.661. The first-order valence-corrected chi connectivity index (χ1v) is 9.28. The van der Waals surface area contributed by atoms with Crippen molar-refractivity contribution in [3.63, 3.8) is 0 Å². The molecule has 134 valence electrons. The lowest BCUT2D eigenvalue weighted by molar-refractivity contribution is -0.133. The Hall–Kier alpha value is -2.04. The van der Waals surface area contributed by atoms with Gasteiger partial charge in [-0.2, -0.15) is 0 Å². The monoisotopic (exact) mass is 389 g/mol. The molecule has 1 aliphatic heterocycles. The molecule has 2 unspecified atom stereocenters. The van der Waals surface area contributed by atoms with Crippen LogP contribution in [0.2, 0.25) is 10.0 Å². The number of halogens is 2. The standard InChI is InChI=1S/C20H17Cl2NO3/c21-17-4-3-12(8-18(17)22)15-9-16(15)19(24)23-6-5-11-1-2-13(20(25)26)7-14(11)10-23/h1-4,7-8,15-16H,5-6,9-10H2,(H,25,26). The molecule has 1 heterocycles. The molecule has 4 rings (SSSR count). The molecule has 26 heavy (non-hydrogen) atoms. The minimum atomic E-state index is -0.946. The van der Waals surface area contributed by atoms with E-state index < -0.39 is 5.97 Å². The molecule has 2 aromatic carbocycles. The van der Waals surface area contributed by atoms with Gasteiger partial charge in [0.15, 0.2) is 0 Å². The van der Waals surface area contributed by atoms with Crippen molar-refractivity contribution in [2.24, 2.45) is 5.92 Å². The highest BCUT2D eigenvalue weighted by Crippen LogP contribution is 2.49. The number of carbonyl (C=O) groups excluding carboxylic acids is 1. The van der Waals surface area contributed by atoms with E-state index in [2.05, 4.69) is 0 Å². The number of hydrogen-bond acceptors (Lipinski definition) is 2. The highest BCUT2D eigenvalue weighted by Gasteiger charge is 2.46. The van der Waals surface area contributed by atoms with Gasteiger partial charge < -0.3 is 10.0 Å². The summed E-state index contributed by atoms with van der Waals surface area (Å²) in [7, 11) is 0. The van der Waals surface area contributed by atoms with E-state index in [0.717, 1.165) is 29.5 Å². The molecule has 0 saturated heterocycles. The fourth-order valence-corrected chi connectivity index (χ4v) is 4.00. The van der Waals surface area contributed by atoms with E-state index in [1.165, 1.54) is 0 Å². The average Bonchev–Trinajstić information content (AvgIpc) is 3.43. The summed E-state index contributed by atoms with van der Waals surface area (Å²) >= 11 is 12.0. The van der Waals surface area contributed by atoms with Gasteiger partial charge in [-0.1, -0.05) is 35.3 Å². The molecule has 2 aromatic rings. The van der Waals surface area contributed by atoms with Gasteiger partial charge in [0, 0.05) is 19.0 Å². The van der Waals surface area contributed by atoms with Gasteiger partial charge in [0.1, 0.15) is 0 Å². The Morgan fingerprint density at radius 2 is 1.85 bits per heavy atom. The second kappa shape index (κ2) is 6.60. The molecular weight excluding hydrogens is 373 g/mol. The first-order chi connectivity index (χ1) is 12.4. The highest BCUT2D eigenvalue weighted by molar-refractivity contribution is 6.42. The van der Waals surface area contributed by atoms with Crippen molar-refractivity contribution in [2.45, 2.75) is 25.3 Å². The van der Waals surface area contributed by atoms with Crippen molar-refractivity contribution in [2.75, 3.05) is 6.54 Å². The molecule has 2 atom stereocenters. The predicted molar refractivity (Wildman–Crippen MR) is 99.8 cm³/mol. The first kappa shape index (κ1) is 17.4. The van der Waals surface area contributed by atoms with E-state index in [4.69, 9.17) is 28.3 Å². The fourth-order valence-electron chi connectivity index (χ4n) is 3.69. The number of carbonyl (C=O) groups is 2. The number of benzene rings is 2. The van der Waals surface area contributed by atoms with Crippen LogP contribution in [0.5, 0.6) is 0 Å². The number of rotatable bonds is 3. The van der Waals surface area contributed by atoms with E-state index in [9.17, 15) is 9.59 Å². The number of carboxylic acid groups (broad SMARTS) is 1. The molecule has 0 radical (unpaired) electrons. The SMILES string of the molecule is O=C(O)c1ccc2c(c1)CN(C(=O)C1CC1c1ccc(Cl)c(Cl)c1)CC2. The maximum Gasteiger partial charge on any atom is 0.335 e. The topological polar surface area (TPSA) is 57.6 Å². The second-order valence-corrected chi connectivity index (χ2v) is 7.74. The lowest BCUT2D eigenvalue weighted by atomic mass is 9.97. The molecule has 0 aromatic heterocycles. The smallest absolute Gasteiger partial charge is 0.335 e. The van der Waals surface area contributed by atoms with Gasteiger partial charge in [0.05, 0.1) is 15.6 Å². The maximum absolute atomic E-state index is 12.9. The molecule has 1 N–H and O–H groups in total. The lowest BCUT2D eigenvalue weighted by Crippen LogP contribution is -2.37. The second-order valence-electron chi connectivity index (χ2n) is 6.92. The zero-order chi connectivity index (χ0) is 18.4. The van der Waals surface area contributed by atoms with Crippen LogP contribution < -0.4 is 0 Å². The molecule has 0 bridgehead atoms. The zero-order valence-corrected chi connectivity index (χ0v) is 15.4. The molecular formula is C20H17Cl2NO3. The van der Waals surface area contributed by atoms with Crippen LogP contribution in [0, 0.1) is 5.92 Å². The normalized spacial score (nSPS) is 21.2. The summed E-state index contributed by atoms with van der Waals surface area (Å²) in [6.45, 7) is 1.14. The van der Waals surface area contributed by atoms with Crippen LogP contribution in [0.15, 0.2) is 36.4 Å². The van der Waals surface area contributed by atoms with E-state index in [0.29, 0.717) is 23.1 Å². The van der Waals surface area contributed by atoms with Crippen molar-refractivity contribution in [1.29, 1.82) is 0 Å². The summed E-state index contributed by atoms with van der Waals surface area (Å²) in [4.78, 5) is 25.9. The minimum absolute atomic E-state index is 0.0311. The molecule has 1 aliphatic carbocycles. The van der Waals surface area contributed by atoms with Crippen molar-refractivity contribution in [3.05, 3.63) is 68.7 Å². The summed E-state index contributed by atoms with van der Waals surface area (Å²) < 4.78 is 0. The molecule has 1 fully saturated rings. The van der Waals surface area contributed by atoms with Crippen LogP contribution >= 0.6 is 23.2 Å². The van der Waals surface area contributed by atoms with Crippen LogP contribution in [-0.4, -0.2) is 28.4 Å². The Bertz CT molecular complexity index is 912. The van der Waals surface area contributed by atoms with Crippen molar-refractivity contribution in [3.8, 4) is 0 Å². The van der Waals surface area contributed by atoms with Gasteiger partial charge in [0.2, 0.25) is 5.91 Å². The number of carboxylic acids is 1. The van der Waals surface area contributed by atoms with Crippen LogP contribution in [0.25, 0.3) is 0 Å². The molecule has 1 amide bonds. The van der Waals surface area contributed by atoms with E-state index in [1.54, 1.807) is 18.2 Å². The number of hydrogen-bond donors (Lipinski definition) is 1. The quantitative estimate of drug-likeness (QED) is 0.846. The van der Waals surface area contributed by atoms with Crippen LogP contribution in [-0.2, 0) is 17.8 Å². The summed E-state index contributed by atoms with van der Waals surface area (Å²) in [5.41, 5.74) is 3.36. The maximum atomic E-state index is 12.9. The number of fused-ring (bicyclic) bond motifs is 1. The molecule has 6 heteroatoms. The van der Waals surface area contributed by atoms with E-state index in [1.807, 2.05) is 23.1 Å². The number of aromatic carboxylic acids is 1. The number of amides is 1. The predicted octanol–water partition coefficient (Wildman–Crippen LogP) is 4.38. The zero-order valence-electron chi connectivity index (χ0n) is 13.9. The Kier molecular flexibility index (Phi) is 4.41. The van der Waals surface area contributed by atoms with Gasteiger partial charge in [-0.3, -0.25) is 4.79 Å². The van der Waals surface area contributed by atoms with Gasteiger partial charge >= 0.3 is 5.97 Å². The Morgan fingerprint density at radius 3 is 2.58 bits per heavy atom. The Morgan fingerprint density at radius 1 is 1.04 bits per heavy atom. The highest BCUT2D eigenvalue weighted by atomic mass is 35.5. The third kappa shape index (κ3) is 3.19. The van der Waals surface area contributed by atoms with Crippen molar-refractivity contribution in [1.82, 2.24) is 4.90 Å². The fraction of sp³-hybridized carbons (Fsp3) is 0.300. The van der Waals surface area contributed by atoms with Crippen molar-refractivity contribution >= 4 is 35.1 Å². The largest absolute Gasteiger partial charge is 0.478 e. The average molecular weight is 390 g/mol. The van der Waals surface area contributed by atoms with Gasteiger partial charge in [-0.05, 0) is 59.7 Å². The van der Waals surface area contributed by atoms with E-state index in [-0.39, 0.29) is 23.3 Å². The van der Waals surface area contributed by atoms with Crippen LogP contribution in [0.3, 0.4) is 0 Å². The Balaban J connectivity index is 1.47. The molecule has 4 nitrogen and oxygen atoms in total. The minimum Gasteiger partial charge on any atom is -0.478 e. The summed E-state index contributed by atoms with van der Waals surface area (Å²) in [6, 6.07) is 10.7. The third-order valence-corrected chi connectivity index (χ3v) is 6.00. The van der Waals surface area contributed by atoms with Crippen LogP contribution in [0.4, 0.5) is 0 Å². The lowest BCUT2D eigenvalue weighted by Gasteiger charge is -2.29. The third-order valence-electron chi connectivity index (χ3n) is 5.26. The number of nitrogens with zero attached hydrogens (tertiary/aromatic N) is 1. The molecule has 2 aliphatic rings.